The van der Waals surface area contributed by atoms with Gasteiger partial charge >= 0.3 is 0 Å². The van der Waals surface area contributed by atoms with Crippen LogP contribution in [0.5, 0.6) is 0 Å². The molecule has 110 valence electrons. The fraction of sp³-hybridized carbons (Fsp3) is 0.562. The molecule has 0 radical (unpaired) electrons. The maximum atomic E-state index is 12.7. The van der Waals surface area contributed by atoms with E-state index < -0.39 is 0 Å². The molecule has 2 rings (SSSR count). The van der Waals surface area contributed by atoms with Crippen molar-refractivity contribution in [2.24, 2.45) is 0 Å². The zero-order chi connectivity index (χ0) is 14.5. The molecule has 1 amide bonds. The summed E-state index contributed by atoms with van der Waals surface area (Å²) in [5.74, 6) is 0.0259. The molecule has 1 atom stereocenters. The van der Waals surface area contributed by atoms with Crippen molar-refractivity contribution in [1.82, 2.24) is 10.2 Å². The van der Waals surface area contributed by atoms with Crippen molar-refractivity contribution >= 4 is 17.5 Å². The minimum atomic E-state index is 0.0259. The molecule has 1 unspecified atom stereocenters. The Balaban J connectivity index is 2.11. The highest BCUT2D eigenvalue weighted by atomic mass is 35.5. The summed E-state index contributed by atoms with van der Waals surface area (Å²) in [6.45, 7) is 5.91. The van der Waals surface area contributed by atoms with Gasteiger partial charge in [-0.25, -0.2) is 0 Å². The van der Waals surface area contributed by atoms with Crippen molar-refractivity contribution in [3.05, 3.63) is 34.9 Å². The molecule has 20 heavy (non-hydrogen) atoms. The number of benzene rings is 1. The van der Waals surface area contributed by atoms with Crippen molar-refractivity contribution in [2.45, 2.75) is 45.2 Å². The van der Waals surface area contributed by atoms with Gasteiger partial charge in [0.05, 0.1) is 10.6 Å². The van der Waals surface area contributed by atoms with Crippen molar-refractivity contribution in [3.8, 4) is 0 Å². The van der Waals surface area contributed by atoms with Gasteiger partial charge in [0, 0.05) is 18.6 Å². The van der Waals surface area contributed by atoms with Crippen molar-refractivity contribution in [1.29, 1.82) is 0 Å². The summed E-state index contributed by atoms with van der Waals surface area (Å²) in [6, 6.07) is 7.85. The van der Waals surface area contributed by atoms with Gasteiger partial charge in [-0.15, -0.1) is 0 Å². The van der Waals surface area contributed by atoms with Gasteiger partial charge in [0.1, 0.15) is 0 Å². The molecule has 1 N–H and O–H groups in total. The van der Waals surface area contributed by atoms with Gasteiger partial charge in [-0.2, -0.15) is 0 Å². The quantitative estimate of drug-likeness (QED) is 0.924. The number of nitrogens with one attached hydrogen (secondary N) is 1. The highest BCUT2D eigenvalue weighted by Gasteiger charge is 2.24. The van der Waals surface area contributed by atoms with E-state index in [1.165, 1.54) is 12.8 Å². The molecule has 3 nitrogen and oxygen atoms in total. The van der Waals surface area contributed by atoms with Crippen LogP contribution in [0, 0.1) is 0 Å². The first-order valence-electron chi connectivity index (χ1n) is 7.38. The normalized spacial score (nSPS) is 19.1. The topological polar surface area (TPSA) is 32.3 Å². The van der Waals surface area contributed by atoms with Crippen LogP contribution in [0.3, 0.4) is 0 Å². The van der Waals surface area contributed by atoms with Crippen molar-refractivity contribution in [3.63, 3.8) is 0 Å². The summed E-state index contributed by atoms with van der Waals surface area (Å²) in [5.41, 5.74) is 0.596. The first-order valence-corrected chi connectivity index (χ1v) is 7.76. The molecule has 1 fully saturated rings. The Morgan fingerprint density at radius 2 is 2.15 bits per heavy atom. The molecule has 1 heterocycles. The Morgan fingerprint density at radius 1 is 1.40 bits per heavy atom. The van der Waals surface area contributed by atoms with Crippen LogP contribution < -0.4 is 5.32 Å². The van der Waals surface area contributed by atoms with E-state index in [2.05, 4.69) is 19.2 Å². The summed E-state index contributed by atoms with van der Waals surface area (Å²) < 4.78 is 0. The minimum absolute atomic E-state index is 0.0259. The summed E-state index contributed by atoms with van der Waals surface area (Å²) in [4.78, 5) is 14.6. The van der Waals surface area contributed by atoms with Crippen LogP contribution in [0.15, 0.2) is 24.3 Å². The van der Waals surface area contributed by atoms with E-state index in [0.717, 1.165) is 19.5 Å². The lowest BCUT2D eigenvalue weighted by atomic mass is 10.0. The zero-order valence-corrected chi connectivity index (χ0v) is 13.0. The second kappa shape index (κ2) is 7.09. The standard InChI is InChI=1S/C16H23ClN2O/c1-12(2)19(11-13-7-5-6-10-18-13)16(20)14-8-3-4-9-15(14)17/h3-4,8-9,12-13,18H,5-7,10-11H2,1-2H3. The van der Waals surface area contributed by atoms with E-state index >= 15 is 0 Å². The maximum absolute atomic E-state index is 12.7. The van der Waals surface area contributed by atoms with E-state index in [1.807, 2.05) is 17.0 Å². The molecule has 0 spiro atoms. The Kier molecular flexibility index (Phi) is 5.44. The molecule has 1 aliphatic rings. The summed E-state index contributed by atoms with van der Waals surface area (Å²) >= 11 is 6.15. The number of piperidine rings is 1. The molecule has 1 aliphatic heterocycles. The highest BCUT2D eigenvalue weighted by Crippen LogP contribution is 2.19. The SMILES string of the molecule is CC(C)N(CC1CCCCN1)C(=O)c1ccccc1Cl. The van der Waals surface area contributed by atoms with Gasteiger partial charge < -0.3 is 10.2 Å². The molecule has 1 saturated heterocycles. The number of rotatable bonds is 4. The molecule has 4 heteroatoms. The van der Waals surface area contributed by atoms with E-state index in [1.54, 1.807) is 12.1 Å². The zero-order valence-electron chi connectivity index (χ0n) is 12.2. The molecule has 0 bridgehead atoms. The Morgan fingerprint density at radius 3 is 2.75 bits per heavy atom. The molecule has 1 aromatic rings. The lowest BCUT2D eigenvalue weighted by Crippen LogP contribution is -2.48. The third-order valence-corrected chi connectivity index (χ3v) is 4.15. The number of hydrogen-bond donors (Lipinski definition) is 1. The third kappa shape index (κ3) is 3.74. The van der Waals surface area contributed by atoms with Crippen LogP contribution in [0.4, 0.5) is 0 Å². The number of nitrogens with zero attached hydrogens (tertiary/aromatic N) is 1. The minimum Gasteiger partial charge on any atom is -0.335 e. The summed E-state index contributed by atoms with van der Waals surface area (Å²) in [5, 5.41) is 4.03. The number of hydrogen-bond acceptors (Lipinski definition) is 2. The molecule has 1 aromatic carbocycles. The molecular formula is C16H23ClN2O. The van der Waals surface area contributed by atoms with Crippen LogP contribution in [0.1, 0.15) is 43.5 Å². The number of carbonyl (C=O) groups excluding carboxylic acids is 1. The molecule has 0 aromatic heterocycles. The predicted molar refractivity (Wildman–Crippen MR) is 83.3 cm³/mol. The van der Waals surface area contributed by atoms with E-state index in [0.29, 0.717) is 16.6 Å². The second-order valence-corrected chi connectivity index (χ2v) is 6.09. The Hall–Kier alpha value is -1.06. The van der Waals surface area contributed by atoms with Gasteiger partial charge in [-0.05, 0) is 45.4 Å². The maximum Gasteiger partial charge on any atom is 0.255 e. The largest absolute Gasteiger partial charge is 0.335 e. The first-order chi connectivity index (χ1) is 9.59. The van der Waals surface area contributed by atoms with Crippen LogP contribution in [0.25, 0.3) is 0 Å². The first kappa shape index (κ1) is 15.3. The van der Waals surface area contributed by atoms with Gasteiger partial charge in [0.15, 0.2) is 0 Å². The Labute approximate surface area is 126 Å². The van der Waals surface area contributed by atoms with Gasteiger partial charge in [-0.1, -0.05) is 30.2 Å². The van der Waals surface area contributed by atoms with Crippen LogP contribution in [-0.2, 0) is 0 Å². The lowest BCUT2D eigenvalue weighted by Gasteiger charge is -2.33. The summed E-state index contributed by atoms with van der Waals surface area (Å²) in [6.07, 6.45) is 3.61. The average molecular weight is 295 g/mol. The fourth-order valence-corrected chi connectivity index (χ4v) is 2.85. The Bertz CT molecular complexity index is 456. The van der Waals surface area contributed by atoms with E-state index in [9.17, 15) is 4.79 Å². The lowest BCUT2D eigenvalue weighted by molar-refractivity contribution is 0.0677. The average Bonchev–Trinajstić information content (AvgIpc) is 2.45. The van der Waals surface area contributed by atoms with Crippen molar-refractivity contribution < 1.29 is 4.79 Å². The number of amides is 1. The summed E-state index contributed by atoms with van der Waals surface area (Å²) in [7, 11) is 0. The monoisotopic (exact) mass is 294 g/mol. The van der Waals surface area contributed by atoms with Crippen LogP contribution in [0.2, 0.25) is 5.02 Å². The number of carbonyl (C=O) groups is 1. The van der Waals surface area contributed by atoms with Gasteiger partial charge in [0.25, 0.3) is 5.91 Å². The fourth-order valence-electron chi connectivity index (χ4n) is 2.63. The van der Waals surface area contributed by atoms with Crippen LogP contribution in [-0.4, -0.2) is 36.0 Å². The molecule has 0 aliphatic carbocycles. The third-order valence-electron chi connectivity index (χ3n) is 3.82. The van der Waals surface area contributed by atoms with Crippen molar-refractivity contribution in [2.75, 3.05) is 13.1 Å². The van der Waals surface area contributed by atoms with Crippen LogP contribution >= 0.6 is 11.6 Å². The second-order valence-electron chi connectivity index (χ2n) is 5.68. The van der Waals surface area contributed by atoms with E-state index in [4.69, 9.17) is 11.6 Å². The smallest absolute Gasteiger partial charge is 0.255 e. The molecular weight excluding hydrogens is 272 g/mol. The van der Waals surface area contributed by atoms with E-state index in [-0.39, 0.29) is 11.9 Å². The van der Waals surface area contributed by atoms with Gasteiger partial charge in [-0.3, -0.25) is 4.79 Å². The highest BCUT2D eigenvalue weighted by molar-refractivity contribution is 6.33. The molecule has 0 saturated carbocycles. The number of halogens is 1. The predicted octanol–water partition coefficient (Wildman–Crippen LogP) is 3.33. The van der Waals surface area contributed by atoms with Gasteiger partial charge in [0.2, 0.25) is 0 Å².